The number of rotatable bonds is 7. The van der Waals surface area contributed by atoms with E-state index in [1.165, 1.54) is 0 Å². The summed E-state index contributed by atoms with van der Waals surface area (Å²) in [5.74, 6) is 1.62. The fraction of sp³-hybridized carbons (Fsp3) is 0.500. The molecule has 0 spiro atoms. The molecule has 0 saturated carbocycles. The summed E-state index contributed by atoms with van der Waals surface area (Å²) in [7, 11) is 5.13. The van der Waals surface area contributed by atoms with Crippen LogP contribution in [-0.2, 0) is 11.3 Å². The highest BCUT2D eigenvalue weighted by Crippen LogP contribution is 2.22. The van der Waals surface area contributed by atoms with E-state index >= 15 is 0 Å². The summed E-state index contributed by atoms with van der Waals surface area (Å²) < 4.78 is 11.4. The molecule has 0 heterocycles. The molecule has 0 amide bonds. The minimum atomic E-state index is 0. The third-order valence-electron chi connectivity index (χ3n) is 2.73. The van der Waals surface area contributed by atoms with Crippen LogP contribution in [-0.4, -0.2) is 40.4 Å². The molecule has 0 unspecified atom stereocenters. The maximum Gasteiger partial charge on any atom is 0.191 e. The van der Waals surface area contributed by atoms with Gasteiger partial charge in [0.25, 0.3) is 0 Å². The van der Waals surface area contributed by atoms with Crippen LogP contribution in [0.25, 0.3) is 0 Å². The third kappa shape index (κ3) is 7.87. The van der Waals surface area contributed by atoms with Gasteiger partial charge in [0.2, 0.25) is 0 Å². The number of hydrogen-bond acceptors (Lipinski definition) is 3. The molecule has 7 heteroatoms. The highest BCUT2D eigenvalue weighted by molar-refractivity contribution is 14.0. The average molecular weight is 472 g/mol. The monoisotopic (exact) mass is 471 g/mol. The van der Waals surface area contributed by atoms with E-state index in [0.717, 1.165) is 41.3 Å². The van der Waals surface area contributed by atoms with Crippen LogP contribution in [0.3, 0.4) is 0 Å². The topological polar surface area (TPSA) is 54.9 Å². The first-order chi connectivity index (χ1) is 9.71. The number of ether oxygens (including phenoxy) is 2. The zero-order valence-corrected chi connectivity index (χ0v) is 16.5. The molecule has 21 heavy (non-hydrogen) atoms. The lowest BCUT2D eigenvalue weighted by Gasteiger charge is -2.14. The molecule has 0 aliphatic rings. The number of methoxy groups -OCH3 is 2. The summed E-state index contributed by atoms with van der Waals surface area (Å²) in [5.41, 5.74) is 1.07. The standard InChI is InChI=1S/C14H22BrN3O2.HI/c1-16-14(17-7-4-8-19-2)18-10-11-9-12(15)5-6-13(11)20-3;/h5-6,9H,4,7-8,10H2,1-3H3,(H2,16,17,18);1H. The van der Waals surface area contributed by atoms with Crippen molar-refractivity contribution in [2.75, 3.05) is 34.4 Å². The van der Waals surface area contributed by atoms with Crippen molar-refractivity contribution < 1.29 is 9.47 Å². The van der Waals surface area contributed by atoms with Crippen LogP contribution in [0.2, 0.25) is 0 Å². The largest absolute Gasteiger partial charge is 0.496 e. The second-order valence-corrected chi connectivity index (χ2v) is 5.07. The Balaban J connectivity index is 0.00000400. The van der Waals surface area contributed by atoms with Gasteiger partial charge in [0.05, 0.1) is 7.11 Å². The number of nitrogens with one attached hydrogen (secondary N) is 2. The molecule has 0 aliphatic carbocycles. The highest BCUT2D eigenvalue weighted by Gasteiger charge is 2.05. The Morgan fingerprint density at radius 1 is 1.29 bits per heavy atom. The molecule has 1 rings (SSSR count). The van der Waals surface area contributed by atoms with Gasteiger partial charge in [0.15, 0.2) is 5.96 Å². The lowest BCUT2D eigenvalue weighted by atomic mass is 10.2. The summed E-state index contributed by atoms with van der Waals surface area (Å²) in [6.07, 6.45) is 0.942. The maximum absolute atomic E-state index is 5.34. The molecule has 120 valence electrons. The molecule has 0 aliphatic heterocycles. The summed E-state index contributed by atoms with van der Waals surface area (Å²) >= 11 is 3.47. The number of halogens is 2. The van der Waals surface area contributed by atoms with Gasteiger partial charge in [-0.2, -0.15) is 0 Å². The number of nitrogens with zero attached hydrogens (tertiary/aromatic N) is 1. The summed E-state index contributed by atoms with van der Waals surface area (Å²) in [6, 6.07) is 5.93. The molecular formula is C14H23BrIN3O2. The van der Waals surface area contributed by atoms with E-state index in [0.29, 0.717) is 6.54 Å². The molecule has 0 saturated heterocycles. The van der Waals surface area contributed by atoms with Crippen LogP contribution < -0.4 is 15.4 Å². The van der Waals surface area contributed by atoms with E-state index in [-0.39, 0.29) is 24.0 Å². The number of hydrogen-bond donors (Lipinski definition) is 2. The molecular weight excluding hydrogens is 449 g/mol. The fourth-order valence-electron chi connectivity index (χ4n) is 1.71. The van der Waals surface area contributed by atoms with E-state index in [1.807, 2.05) is 18.2 Å². The molecule has 5 nitrogen and oxygen atoms in total. The van der Waals surface area contributed by atoms with Gasteiger partial charge in [-0.25, -0.2) is 0 Å². The minimum Gasteiger partial charge on any atom is -0.496 e. The second kappa shape index (κ2) is 12.0. The molecule has 1 aromatic carbocycles. The summed E-state index contributed by atoms with van der Waals surface area (Å²) in [5, 5.41) is 6.49. The van der Waals surface area contributed by atoms with Crippen molar-refractivity contribution in [3.63, 3.8) is 0 Å². The summed E-state index contributed by atoms with van der Waals surface area (Å²) in [4.78, 5) is 4.18. The molecule has 0 radical (unpaired) electrons. The predicted molar refractivity (Wildman–Crippen MR) is 101 cm³/mol. The molecule has 0 fully saturated rings. The minimum absolute atomic E-state index is 0. The molecule has 0 bridgehead atoms. The maximum atomic E-state index is 5.34. The lowest BCUT2D eigenvalue weighted by molar-refractivity contribution is 0.195. The van der Waals surface area contributed by atoms with Gasteiger partial charge in [-0.3, -0.25) is 4.99 Å². The van der Waals surface area contributed by atoms with Gasteiger partial charge < -0.3 is 20.1 Å². The fourth-order valence-corrected chi connectivity index (χ4v) is 2.12. The van der Waals surface area contributed by atoms with Gasteiger partial charge in [-0.15, -0.1) is 24.0 Å². The van der Waals surface area contributed by atoms with Crippen molar-refractivity contribution in [2.45, 2.75) is 13.0 Å². The van der Waals surface area contributed by atoms with Gasteiger partial charge in [0, 0.05) is 43.9 Å². The van der Waals surface area contributed by atoms with E-state index < -0.39 is 0 Å². The first kappa shape index (κ1) is 20.5. The quantitative estimate of drug-likeness (QED) is 0.278. The second-order valence-electron chi connectivity index (χ2n) is 4.16. The van der Waals surface area contributed by atoms with Crippen LogP contribution >= 0.6 is 39.9 Å². The van der Waals surface area contributed by atoms with E-state index in [2.05, 4.69) is 31.6 Å². The van der Waals surface area contributed by atoms with E-state index in [1.54, 1.807) is 21.3 Å². The van der Waals surface area contributed by atoms with Gasteiger partial charge in [0.1, 0.15) is 5.75 Å². The number of guanidine groups is 1. The van der Waals surface area contributed by atoms with Crippen molar-refractivity contribution >= 4 is 45.9 Å². The third-order valence-corrected chi connectivity index (χ3v) is 3.22. The van der Waals surface area contributed by atoms with Crippen LogP contribution in [0.5, 0.6) is 5.75 Å². The van der Waals surface area contributed by atoms with Crippen molar-refractivity contribution in [1.29, 1.82) is 0 Å². The van der Waals surface area contributed by atoms with Crippen molar-refractivity contribution in [2.24, 2.45) is 4.99 Å². The first-order valence-corrected chi connectivity index (χ1v) is 7.26. The number of benzene rings is 1. The summed E-state index contributed by atoms with van der Waals surface area (Å²) in [6.45, 7) is 2.21. The van der Waals surface area contributed by atoms with Crippen LogP contribution in [0.4, 0.5) is 0 Å². The normalized spacial score (nSPS) is 10.8. The van der Waals surface area contributed by atoms with Crippen LogP contribution in [0.15, 0.2) is 27.7 Å². The molecule has 0 atom stereocenters. The van der Waals surface area contributed by atoms with Crippen LogP contribution in [0.1, 0.15) is 12.0 Å². The Hall–Kier alpha value is -0.540. The number of aliphatic imine (C=N–C) groups is 1. The Bertz CT molecular complexity index is 444. The Labute approximate surface area is 152 Å². The average Bonchev–Trinajstić information content (AvgIpc) is 2.46. The van der Waals surface area contributed by atoms with Gasteiger partial charge >= 0.3 is 0 Å². The Morgan fingerprint density at radius 2 is 2.05 bits per heavy atom. The van der Waals surface area contributed by atoms with Gasteiger partial charge in [-0.1, -0.05) is 15.9 Å². The predicted octanol–water partition coefficient (Wildman–Crippen LogP) is 2.78. The molecule has 2 N–H and O–H groups in total. The SMILES string of the molecule is CN=C(NCCCOC)NCc1cc(Br)ccc1OC.I. The van der Waals surface area contributed by atoms with Crippen molar-refractivity contribution in [3.05, 3.63) is 28.2 Å². The zero-order chi connectivity index (χ0) is 14.8. The molecule has 1 aromatic rings. The van der Waals surface area contributed by atoms with Crippen LogP contribution in [0, 0.1) is 0 Å². The smallest absolute Gasteiger partial charge is 0.191 e. The zero-order valence-electron chi connectivity index (χ0n) is 12.6. The first-order valence-electron chi connectivity index (χ1n) is 6.47. The highest BCUT2D eigenvalue weighted by atomic mass is 127. The lowest BCUT2D eigenvalue weighted by Crippen LogP contribution is -2.37. The van der Waals surface area contributed by atoms with E-state index in [4.69, 9.17) is 9.47 Å². The Kier molecular flexibility index (Phi) is 11.7. The molecule has 0 aromatic heterocycles. The van der Waals surface area contributed by atoms with Gasteiger partial charge in [-0.05, 0) is 24.6 Å². The van der Waals surface area contributed by atoms with E-state index in [9.17, 15) is 0 Å². The van der Waals surface area contributed by atoms with Crippen molar-refractivity contribution in [3.8, 4) is 5.75 Å². The van der Waals surface area contributed by atoms with Crippen molar-refractivity contribution in [1.82, 2.24) is 10.6 Å². The Morgan fingerprint density at radius 3 is 2.67 bits per heavy atom.